The van der Waals surface area contributed by atoms with Crippen molar-refractivity contribution in [1.82, 2.24) is 20.5 Å². The number of methoxy groups -OCH3 is 1. The quantitative estimate of drug-likeness (QED) is 0.352. The number of hydrogen-bond donors (Lipinski definition) is 2. The normalized spacial score (nSPS) is 10.6. The SMILES string of the molecule is COc1cc(-c2nnc(CCC(=O)NCc3ccc(F)cc3)c(=O)[nH]2)ccc1OCc1ccccc1. The smallest absolute Gasteiger partial charge is 0.273 e. The molecular formula is C27H25FN4O4. The van der Waals surface area contributed by atoms with Crippen LogP contribution in [0.4, 0.5) is 4.39 Å². The summed E-state index contributed by atoms with van der Waals surface area (Å²) in [7, 11) is 1.53. The zero-order valence-corrected chi connectivity index (χ0v) is 19.7. The van der Waals surface area contributed by atoms with E-state index in [4.69, 9.17) is 9.47 Å². The molecule has 0 fully saturated rings. The molecule has 0 aliphatic carbocycles. The van der Waals surface area contributed by atoms with Crippen LogP contribution < -0.4 is 20.3 Å². The molecule has 0 aliphatic heterocycles. The average molecular weight is 489 g/mol. The lowest BCUT2D eigenvalue weighted by atomic mass is 10.2. The number of amides is 1. The van der Waals surface area contributed by atoms with Crippen LogP contribution in [-0.4, -0.2) is 28.2 Å². The average Bonchev–Trinajstić information content (AvgIpc) is 2.91. The van der Waals surface area contributed by atoms with E-state index in [0.29, 0.717) is 23.7 Å². The van der Waals surface area contributed by atoms with E-state index in [-0.39, 0.29) is 42.6 Å². The van der Waals surface area contributed by atoms with Crippen molar-refractivity contribution in [1.29, 1.82) is 0 Å². The van der Waals surface area contributed by atoms with Crippen molar-refractivity contribution in [3.63, 3.8) is 0 Å². The zero-order valence-electron chi connectivity index (χ0n) is 19.7. The van der Waals surface area contributed by atoms with Crippen molar-refractivity contribution in [2.24, 2.45) is 0 Å². The molecule has 0 aliphatic rings. The molecule has 0 atom stereocenters. The van der Waals surface area contributed by atoms with E-state index in [0.717, 1.165) is 11.1 Å². The monoisotopic (exact) mass is 488 g/mol. The highest BCUT2D eigenvalue weighted by Crippen LogP contribution is 2.31. The summed E-state index contributed by atoms with van der Waals surface area (Å²) in [5.74, 6) is 0.742. The fourth-order valence-corrected chi connectivity index (χ4v) is 3.45. The Morgan fingerprint density at radius 1 is 0.972 bits per heavy atom. The molecule has 0 bridgehead atoms. The predicted molar refractivity (Wildman–Crippen MR) is 132 cm³/mol. The second-order valence-electron chi connectivity index (χ2n) is 7.99. The number of halogens is 1. The molecule has 184 valence electrons. The summed E-state index contributed by atoms with van der Waals surface area (Å²) in [4.78, 5) is 27.4. The summed E-state index contributed by atoms with van der Waals surface area (Å²) >= 11 is 0. The van der Waals surface area contributed by atoms with Gasteiger partial charge in [-0.2, -0.15) is 0 Å². The van der Waals surface area contributed by atoms with E-state index in [1.54, 1.807) is 30.3 Å². The van der Waals surface area contributed by atoms with Gasteiger partial charge in [-0.15, -0.1) is 10.2 Å². The number of carbonyl (C=O) groups is 1. The Labute approximate surface area is 207 Å². The summed E-state index contributed by atoms with van der Waals surface area (Å²) in [6, 6.07) is 20.8. The lowest BCUT2D eigenvalue weighted by Crippen LogP contribution is -2.25. The molecule has 0 saturated carbocycles. The fourth-order valence-electron chi connectivity index (χ4n) is 3.45. The fraction of sp³-hybridized carbons (Fsp3) is 0.185. The Kier molecular flexibility index (Phi) is 8.02. The molecule has 3 aromatic carbocycles. The largest absolute Gasteiger partial charge is 0.493 e. The van der Waals surface area contributed by atoms with Crippen molar-refractivity contribution >= 4 is 5.91 Å². The van der Waals surface area contributed by atoms with Crippen molar-refractivity contribution < 1.29 is 18.7 Å². The van der Waals surface area contributed by atoms with Gasteiger partial charge in [0.05, 0.1) is 7.11 Å². The third-order valence-corrected chi connectivity index (χ3v) is 5.43. The molecule has 9 heteroatoms. The first kappa shape index (κ1) is 24.6. The third kappa shape index (κ3) is 6.53. The van der Waals surface area contributed by atoms with Crippen molar-refractivity contribution in [2.75, 3.05) is 7.11 Å². The van der Waals surface area contributed by atoms with Gasteiger partial charge in [-0.25, -0.2) is 4.39 Å². The van der Waals surface area contributed by atoms with Crippen LogP contribution in [-0.2, 0) is 24.4 Å². The topological polar surface area (TPSA) is 106 Å². The maximum Gasteiger partial charge on any atom is 0.273 e. The minimum atomic E-state index is -0.422. The van der Waals surface area contributed by atoms with Gasteiger partial charge in [-0.3, -0.25) is 9.59 Å². The van der Waals surface area contributed by atoms with Crippen molar-refractivity contribution in [2.45, 2.75) is 26.0 Å². The Morgan fingerprint density at radius 3 is 2.47 bits per heavy atom. The maximum atomic E-state index is 13.0. The third-order valence-electron chi connectivity index (χ3n) is 5.43. The molecule has 0 saturated heterocycles. The maximum absolute atomic E-state index is 13.0. The minimum Gasteiger partial charge on any atom is -0.493 e. The van der Waals surface area contributed by atoms with E-state index < -0.39 is 5.56 Å². The van der Waals surface area contributed by atoms with Gasteiger partial charge in [0, 0.05) is 24.9 Å². The first-order valence-corrected chi connectivity index (χ1v) is 11.3. The first-order chi connectivity index (χ1) is 17.5. The number of carbonyl (C=O) groups excluding carboxylic acids is 1. The van der Waals surface area contributed by atoms with Crippen LogP contribution in [0.25, 0.3) is 11.4 Å². The zero-order chi connectivity index (χ0) is 25.3. The standard InChI is InChI=1S/C27H25FN4O4/c1-35-24-15-20(9-13-23(24)36-17-19-5-3-2-4-6-19)26-30-27(34)22(31-32-26)12-14-25(33)29-16-18-7-10-21(28)11-8-18/h2-11,13,15H,12,14,16-17H2,1H3,(H,29,33)(H,30,32,34). The van der Waals surface area contributed by atoms with Crippen LogP contribution in [0.3, 0.4) is 0 Å². The molecule has 0 unspecified atom stereocenters. The minimum absolute atomic E-state index is 0.0690. The Bertz CT molecular complexity index is 1370. The van der Waals surface area contributed by atoms with Crippen LogP contribution in [0, 0.1) is 5.82 Å². The Hall–Kier alpha value is -4.53. The van der Waals surface area contributed by atoms with Crippen LogP contribution in [0.15, 0.2) is 77.6 Å². The first-order valence-electron chi connectivity index (χ1n) is 11.3. The van der Waals surface area contributed by atoms with E-state index >= 15 is 0 Å². The van der Waals surface area contributed by atoms with Crippen LogP contribution in [0.5, 0.6) is 11.5 Å². The van der Waals surface area contributed by atoms with E-state index in [1.165, 1.54) is 19.2 Å². The van der Waals surface area contributed by atoms with Crippen LogP contribution in [0.1, 0.15) is 23.2 Å². The molecule has 0 radical (unpaired) electrons. The second-order valence-corrected chi connectivity index (χ2v) is 7.99. The van der Waals surface area contributed by atoms with E-state index in [9.17, 15) is 14.0 Å². The van der Waals surface area contributed by atoms with Gasteiger partial charge in [-0.1, -0.05) is 42.5 Å². The lowest BCUT2D eigenvalue weighted by Gasteiger charge is -2.12. The van der Waals surface area contributed by atoms with Crippen LogP contribution >= 0.6 is 0 Å². The van der Waals surface area contributed by atoms with E-state index in [2.05, 4.69) is 20.5 Å². The highest BCUT2D eigenvalue weighted by Gasteiger charge is 2.12. The molecular weight excluding hydrogens is 463 g/mol. The van der Waals surface area contributed by atoms with Crippen molar-refractivity contribution in [3.8, 4) is 22.9 Å². The Balaban J connectivity index is 1.36. The molecule has 1 amide bonds. The molecule has 4 aromatic rings. The predicted octanol–water partition coefficient (Wildman–Crippen LogP) is 3.81. The summed E-state index contributed by atoms with van der Waals surface area (Å²) in [5.41, 5.74) is 2.14. The summed E-state index contributed by atoms with van der Waals surface area (Å²) in [6.45, 7) is 0.659. The molecule has 8 nitrogen and oxygen atoms in total. The number of aromatic nitrogens is 3. The summed E-state index contributed by atoms with van der Waals surface area (Å²) in [6.07, 6.45) is 0.201. The van der Waals surface area contributed by atoms with Crippen molar-refractivity contribution in [3.05, 3.63) is 106 Å². The summed E-state index contributed by atoms with van der Waals surface area (Å²) in [5, 5.41) is 10.9. The lowest BCUT2D eigenvalue weighted by molar-refractivity contribution is -0.121. The molecule has 2 N–H and O–H groups in total. The molecule has 36 heavy (non-hydrogen) atoms. The number of rotatable bonds is 10. The van der Waals surface area contributed by atoms with Gasteiger partial charge < -0.3 is 19.8 Å². The number of nitrogens with zero attached hydrogens (tertiary/aromatic N) is 2. The second kappa shape index (κ2) is 11.7. The molecule has 0 spiro atoms. The number of ether oxygens (including phenoxy) is 2. The number of hydrogen-bond acceptors (Lipinski definition) is 6. The number of aromatic amines is 1. The van der Waals surface area contributed by atoms with Gasteiger partial charge >= 0.3 is 0 Å². The summed E-state index contributed by atoms with van der Waals surface area (Å²) < 4.78 is 24.3. The van der Waals surface area contributed by atoms with Crippen LogP contribution in [0.2, 0.25) is 0 Å². The highest BCUT2D eigenvalue weighted by atomic mass is 19.1. The molecule has 1 aromatic heterocycles. The number of nitrogens with one attached hydrogen (secondary N) is 2. The number of aryl methyl sites for hydroxylation is 1. The van der Waals surface area contributed by atoms with E-state index in [1.807, 2.05) is 30.3 Å². The molecule has 4 rings (SSSR count). The van der Waals surface area contributed by atoms with Gasteiger partial charge in [0.2, 0.25) is 5.91 Å². The van der Waals surface area contributed by atoms with Gasteiger partial charge in [0.1, 0.15) is 18.1 Å². The van der Waals surface area contributed by atoms with Gasteiger partial charge in [-0.05, 0) is 41.5 Å². The van der Waals surface area contributed by atoms with Gasteiger partial charge in [0.25, 0.3) is 5.56 Å². The number of benzene rings is 3. The number of H-pyrrole nitrogens is 1. The molecule has 1 heterocycles. The Morgan fingerprint density at radius 2 is 1.75 bits per heavy atom. The highest BCUT2D eigenvalue weighted by molar-refractivity contribution is 5.76. The van der Waals surface area contributed by atoms with Gasteiger partial charge in [0.15, 0.2) is 17.3 Å².